The van der Waals surface area contributed by atoms with E-state index in [0.717, 1.165) is 0 Å². The molecule has 11 heavy (non-hydrogen) atoms. The van der Waals surface area contributed by atoms with Crippen LogP contribution in [0.1, 0.15) is 5.69 Å². The van der Waals surface area contributed by atoms with Crippen LogP contribution in [0, 0.1) is 0 Å². The second kappa shape index (κ2) is 3.32. The molecule has 1 aromatic rings. The van der Waals surface area contributed by atoms with Gasteiger partial charge in [0.05, 0.1) is 0 Å². The summed E-state index contributed by atoms with van der Waals surface area (Å²) >= 11 is 0. The van der Waals surface area contributed by atoms with Gasteiger partial charge in [-0.2, -0.15) is 0 Å². The van der Waals surface area contributed by atoms with Crippen LogP contribution in [0.15, 0.2) is 24.4 Å². The van der Waals surface area contributed by atoms with Crippen molar-refractivity contribution in [3.8, 4) is 0 Å². The summed E-state index contributed by atoms with van der Waals surface area (Å²) in [5, 5.41) is 0. The topological polar surface area (TPSA) is 12.9 Å². The molecule has 0 radical (unpaired) electrons. The van der Waals surface area contributed by atoms with E-state index in [1.807, 2.05) is 12.3 Å². The molecule has 0 N–H and O–H groups in total. The maximum absolute atomic E-state index is 4.30. The van der Waals surface area contributed by atoms with E-state index in [2.05, 4.69) is 37.1 Å². The molecule has 0 aromatic carbocycles. The Labute approximate surface area is 69.2 Å². The first-order chi connectivity index (χ1) is 5.08. The van der Waals surface area contributed by atoms with E-state index >= 15 is 0 Å². The standard InChI is InChI=1S/C9H16NP/c1-11(2,3)8-9-6-4-5-7-10-9/h4-7,11H,8H2,1-3H3. The SMILES string of the molecule is C[PH](C)(C)Cc1ccccn1. The summed E-state index contributed by atoms with van der Waals surface area (Å²) in [6.07, 6.45) is 3.06. The van der Waals surface area contributed by atoms with Crippen molar-refractivity contribution in [1.82, 2.24) is 4.98 Å². The molecule has 62 valence electrons. The van der Waals surface area contributed by atoms with E-state index < -0.39 is 7.26 Å². The maximum atomic E-state index is 4.30. The van der Waals surface area contributed by atoms with Gasteiger partial charge in [-0.1, -0.05) is 0 Å². The average molecular weight is 169 g/mol. The summed E-state index contributed by atoms with van der Waals surface area (Å²) in [5.74, 6) is 0. The Morgan fingerprint density at radius 3 is 2.45 bits per heavy atom. The molecule has 1 nitrogen and oxygen atoms in total. The van der Waals surface area contributed by atoms with Gasteiger partial charge < -0.3 is 0 Å². The van der Waals surface area contributed by atoms with Crippen molar-refractivity contribution in [2.45, 2.75) is 6.16 Å². The van der Waals surface area contributed by atoms with Gasteiger partial charge in [0.2, 0.25) is 0 Å². The van der Waals surface area contributed by atoms with E-state index in [-0.39, 0.29) is 0 Å². The Morgan fingerprint density at radius 1 is 1.27 bits per heavy atom. The summed E-state index contributed by atoms with van der Waals surface area (Å²) in [7, 11) is -0.961. The molecule has 1 rings (SSSR count). The summed E-state index contributed by atoms with van der Waals surface area (Å²) in [6, 6.07) is 6.13. The Hall–Kier alpha value is -0.420. The summed E-state index contributed by atoms with van der Waals surface area (Å²) < 4.78 is 0. The second-order valence-corrected chi connectivity index (χ2v) is 9.53. The van der Waals surface area contributed by atoms with Crippen molar-refractivity contribution in [2.24, 2.45) is 0 Å². The van der Waals surface area contributed by atoms with E-state index in [1.54, 1.807) is 0 Å². The fourth-order valence-electron chi connectivity index (χ4n) is 1.05. The average Bonchev–Trinajstić information content (AvgIpc) is 1.85. The molecule has 0 aliphatic carbocycles. The third-order valence-corrected chi connectivity index (χ3v) is 2.86. The molecular formula is C9H16NP. The number of aromatic nitrogens is 1. The van der Waals surface area contributed by atoms with E-state index in [1.165, 1.54) is 11.9 Å². The van der Waals surface area contributed by atoms with Crippen molar-refractivity contribution in [2.75, 3.05) is 20.0 Å². The number of pyridine rings is 1. The molecule has 1 aromatic heterocycles. The zero-order valence-corrected chi connectivity index (χ0v) is 8.46. The number of hydrogen-bond acceptors (Lipinski definition) is 1. The van der Waals surface area contributed by atoms with Gasteiger partial charge in [0.1, 0.15) is 0 Å². The van der Waals surface area contributed by atoms with Crippen LogP contribution in [0.25, 0.3) is 0 Å². The molecule has 2 heteroatoms. The zero-order valence-electron chi connectivity index (χ0n) is 7.46. The minimum atomic E-state index is -0.961. The number of hydrogen-bond donors (Lipinski definition) is 0. The van der Waals surface area contributed by atoms with E-state index in [9.17, 15) is 0 Å². The van der Waals surface area contributed by atoms with Crippen molar-refractivity contribution >= 4 is 7.26 Å². The molecule has 0 amide bonds. The van der Waals surface area contributed by atoms with E-state index in [0.29, 0.717) is 0 Å². The molecule has 0 fully saturated rings. The van der Waals surface area contributed by atoms with Crippen LogP contribution in [-0.4, -0.2) is 25.0 Å². The quantitative estimate of drug-likeness (QED) is 0.618. The van der Waals surface area contributed by atoms with Crippen LogP contribution in [0.2, 0.25) is 0 Å². The first-order valence-corrected chi connectivity index (χ1v) is 7.68. The Morgan fingerprint density at radius 2 is 2.00 bits per heavy atom. The number of nitrogens with zero attached hydrogens (tertiary/aromatic N) is 1. The van der Waals surface area contributed by atoms with Crippen LogP contribution in [0.4, 0.5) is 0 Å². The Bertz CT molecular complexity index is 213. The summed E-state index contributed by atoms with van der Waals surface area (Å²) in [5.41, 5.74) is 1.24. The predicted molar refractivity (Wildman–Crippen MR) is 54.0 cm³/mol. The molecule has 0 atom stereocenters. The summed E-state index contributed by atoms with van der Waals surface area (Å²) in [6.45, 7) is 7.09. The molecule has 0 aliphatic heterocycles. The number of rotatable bonds is 2. The second-order valence-electron chi connectivity index (χ2n) is 4.06. The molecule has 0 unspecified atom stereocenters. The van der Waals surface area contributed by atoms with Crippen LogP contribution in [0.5, 0.6) is 0 Å². The summed E-state index contributed by atoms with van der Waals surface area (Å²) in [4.78, 5) is 4.30. The van der Waals surface area contributed by atoms with Gasteiger partial charge in [0.15, 0.2) is 0 Å². The molecular weight excluding hydrogens is 153 g/mol. The van der Waals surface area contributed by atoms with Gasteiger partial charge in [0.25, 0.3) is 0 Å². The van der Waals surface area contributed by atoms with Crippen LogP contribution in [0.3, 0.4) is 0 Å². The van der Waals surface area contributed by atoms with Gasteiger partial charge >= 0.3 is 68.5 Å². The third kappa shape index (κ3) is 3.48. The van der Waals surface area contributed by atoms with Crippen molar-refractivity contribution in [3.05, 3.63) is 30.1 Å². The van der Waals surface area contributed by atoms with Crippen molar-refractivity contribution in [1.29, 1.82) is 0 Å². The van der Waals surface area contributed by atoms with Gasteiger partial charge in [-0.05, 0) is 0 Å². The van der Waals surface area contributed by atoms with Gasteiger partial charge in [-0.25, -0.2) is 0 Å². The van der Waals surface area contributed by atoms with Gasteiger partial charge in [-0.3, -0.25) is 0 Å². The van der Waals surface area contributed by atoms with Gasteiger partial charge in [0, 0.05) is 0 Å². The molecule has 0 bridgehead atoms. The minimum absolute atomic E-state index is 0.961. The third-order valence-electron chi connectivity index (χ3n) is 1.44. The van der Waals surface area contributed by atoms with E-state index in [4.69, 9.17) is 0 Å². The van der Waals surface area contributed by atoms with Crippen molar-refractivity contribution in [3.63, 3.8) is 0 Å². The van der Waals surface area contributed by atoms with Crippen molar-refractivity contribution < 1.29 is 0 Å². The van der Waals surface area contributed by atoms with Crippen LogP contribution in [-0.2, 0) is 6.16 Å². The zero-order chi connectivity index (χ0) is 8.32. The first-order valence-electron chi connectivity index (χ1n) is 3.98. The molecule has 0 saturated heterocycles. The van der Waals surface area contributed by atoms with Crippen LogP contribution >= 0.6 is 7.26 Å². The first kappa shape index (κ1) is 8.67. The Balaban J connectivity index is 2.66. The Kier molecular flexibility index (Phi) is 2.62. The molecule has 0 aliphatic rings. The molecule has 1 heterocycles. The monoisotopic (exact) mass is 169 g/mol. The van der Waals surface area contributed by atoms with Gasteiger partial charge in [-0.15, -0.1) is 0 Å². The fraction of sp³-hybridized carbons (Fsp3) is 0.444. The normalized spacial score (nSPS) is 13.0. The fourth-order valence-corrected chi connectivity index (χ4v) is 2.34. The van der Waals surface area contributed by atoms with Crippen LogP contribution < -0.4 is 0 Å². The predicted octanol–water partition coefficient (Wildman–Crippen LogP) is 2.22. The molecule has 0 saturated carbocycles. The molecule has 0 spiro atoms.